The molecule has 2 aromatic heterocycles. The minimum atomic E-state index is -0.966. The fourth-order valence-corrected chi connectivity index (χ4v) is 3.09. The number of nitrogens with one attached hydrogen (secondary N) is 3. The Bertz CT molecular complexity index is 1230. The van der Waals surface area contributed by atoms with E-state index >= 15 is 0 Å². The number of aromatic amines is 1. The molecule has 0 aliphatic heterocycles. The number of H-pyrrole nitrogens is 1. The summed E-state index contributed by atoms with van der Waals surface area (Å²) in [5.74, 6) is -1.50. The summed E-state index contributed by atoms with van der Waals surface area (Å²) in [5, 5.41) is 16.8. The molecule has 0 saturated heterocycles. The van der Waals surface area contributed by atoms with Gasteiger partial charge in [-0.3, -0.25) is 0 Å². The molecule has 0 spiro atoms. The summed E-state index contributed by atoms with van der Waals surface area (Å²) in [5.41, 5.74) is 2.53. The molecule has 4 aromatic rings. The molecule has 8 heteroatoms. The van der Waals surface area contributed by atoms with Crippen LogP contribution in [0.25, 0.3) is 10.9 Å². The average Bonchev–Trinajstić information content (AvgIpc) is 3.14. The first-order chi connectivity index (χ1) is 13.5. The van der Waals surface area contributed by atoms with Crippen molar-refractivity contribution in [2.24, 2.45) is 0 Å². The molecule has 0 aliphatic rings. The lowest BCUT2D eigenvalue weighted by atomic mass is 10.2. The Balaban J connectivity index is 1.66. The molecule has 0 saturated carbocycles. The molecule has 0 atom stereocenters. The predicted molar refractivity (Wildman–Crippen MR) is 105 cm³/mol. The SMILES string of the molecule is N#Cc1cc(Nc2ccc(F)c(F)c2)cc(Nc2cc(Cl)c3cc[nH]c3c2)n1. The second-order valence-corrected chi connectivity index (χ2v) is 6.42. The molecule has 0 fully saturated rings. The molecule has 5 nitrogen and oxygen atoms in total. The molecule has 3 N–H and O–H groups in total. The van der Waals surface area contributed by atoms with Gasteiger partial charge in [0.1, 0.15) is 17.6 Å². The molecule has 4 rings (SSSR count). The third kappa shape index (κ3) is 3.59. The second-order valence-electron chi connectivity index (χ2n) is 6.01. The number of benzene rings is 2. The third-order valence-electron chi connectivity index (χ3n) is 4.04. The zero-order valence-electron chi connectivity index (χ0n) is 14.2. The monoisotopic (exact) mass is 395 g/mol. The van der Waals surface area contributed by atoms with Crippen LogP contribution in [0, 0.1) is 23.0 Å². The van der Waals surface area contributed by atoms with E-state index in [0.717, 1.165) is 23.0 Å². The number of hydrogen-bond acceptors (Lipinski definition) is 4. The number of nitrogens with zero attached hydrogens (tertiary/aromatic N) is 2. The van der Waals surface area contributed by atoms with E-state index in [1.54, 1.807) is 18.3 Å². The maximum atomic E-state index is 13.4. The van der Waals surface area contributed by atoms with Crippen molar-refractivity contribution in [3.05, 3.63) is 77.1 Å². The molecule has 138 valence electrons. The van der Waals surface area contributed by atoms with Gasteiger partial charge in [0.25, 0.3) is 0 Å². The fourth-order valence-electron chi connectivity index (χ4n) is 2.81. The van der Waals surface area contributed by atoms with Gasteiger partial charge >= 0.3 is 0 Å². The zero-order chi connectivity index (χ0) is 19.7. The molecule has 0 aliphatic carbocycles. The number of rotatable bonds is 4. The van der Waals surface area contributed by atoms with Crippen LogP contribution in [0.15, 0.2) is 54.7 Å². The average molecular weight is 396 g/mol. The second kappa shape index (κ2) is 7.18. The standard InChI is InChI=1S/C20H12ClF2N5/c21-16-6-13(8-19-15(16)3-4-25-19)27-20-9-12(5-14(10-24)28-20)26-11-1-2-17(22)18(23)7-11/h1-9,25H,(H2,26,27,28). The van der Waals surface area contributed by atoms with Gasteiger partial charge in [-0.2, -0.15) is 5.26 Å². The Kier molecular flexibility index (Phi) is 4.55. The highest BCUT2D eigenvalue weighted by atomic mass is 35.5. The van der Waals surface area contributed by atoms with Crippen LogP contribution < -0.4 is 10.6 Å². The predicted octanol–water partition coefficient (Wildman–Crippen LogP) is 5.85. The van der Waals surface area contributed by atoms with E-state index in [2.05, 4.69) is 20.6 Å². The number of pyridine rings is 1. The maximum Gasteiger partial charge on any atom is 0.160 e. The van der Waals surface area contributed by atoms with Crippen LogP contribution in [-0.4, -0.2) is 9.97 Å². The van der Waals surface area contributed by atoms with Crippen molar-refractivity contribution in [1.29, 1.82) is 5.26 Å². The Labute approximate surface area is 163 Å². The maximum absolute atomic E-state index is 13.4. The lowest BCUT2D eigenvalue weighted by Crippen LogP contribution is -1.99. The van der Waals surface area contributed by atoms with Gasteiger partial charge in [0.15, 0.2) is 11.6 Å². The highest BCUT2D eigenvalue weighted by molar-refractivity contribution is 6.35. The van der Waals surface area contributed by atoms with Crippen molar-refractivity contribution in [3.63, 3.8) is 0 Å². The molecular weight excluding hydrogens is 384 g/mol. The first-order valence-electron chi connectivity index (χ1n) is 8.20. The van der Waals surface area contributed by atoms with Crippen molar-refractivity contribution in [1.82, 2.24) is 9.97 Å². The highest BCUT2D eigenvalue weighted by Crippen LogP contribution is 2.29. The van der Waals surface area contributed by atoms with Crippen molar-refractivity contribution in [2.75, 3.05) is 10.6 Å². The molecule has 28 heavy (non-hydrogen) atoms. The quantitative estimate of drug-likeness (QED) is 0.405. The van der Waals surface area contributed by atoms with E-state index in [0.29, 0.717) is 27.9 Å². The van der Waals surface area contributed by atoms with Gasteiger partial charge in [-0.15, -0.1) is 0 Å². The number of aromatic nitrogens is 2. The van der Waals surface area contributed by atoms with Crippen LogP contribution in [0.4, 0.5) is 31.7 Å². The number of anilines is 4. The minimum Gasteiger partial charge on any atom is -0.361 e. The molecule has 0 radical (unpaired) electrons. The van der Waals surface area contributed by atoms with Crippen LogP contribution in [0.5, 0.6) is 0 Å². The number of halogens is 3. The smallest absolute Gasteiger partial charge is 0.160 e. The molecule has 2 aromatic carbocycles. The lowest BCUT2D eigenvalue weighted by Gasteiger charge is -2.11. The minimum absolute atomic E-state index is 0.155. The van der Waals surface area contributed by atoms with Gasteiger partial charge in [0, 0.05) is 46.3 Å². The Morgan fingerprint density at radius 2 is 1.75 bits per heavy atom. The third-order valence-corrected chi connectivity index (χ3v) is 4.35. The topological polar surface area (TPSA) is 76.5 Å². The molecular formula is C20H12ClF2N5. The number of fused-ring (bicyclic) bond motifs is 1. The van der Waals surface area contributed by atoms with Crippen LogP contribution >= 0.6 is 11.6 Å². The van der Waals surface area contributed by atoms with E-state index in [1.807, 2.05) is 18.2 Å². The van der Waals surface area contributed by atoms with Crippen molar-refractivity contribution >= 4 is 45.4 Å². The Morgan fingerprint density at radius 1 is 0.929 bits per heavy atom. The van der Waals surface area contributed by atoms with Crippen molar-refractivity contribution in [3.8, 4) is 6.07 Å². The summed E-state index contributed by atoms with van der Waals surface area (Å²) in [7, 11) is 0. The van der Waals surface area contributed by atoms with Gasteiger partial charge < -0.3 is 15.6 Å². The summed E-state index contributed by atoms with van der Waals surface area (Å²) in [4.78, 5) is 7.31. The van der Waals surface area contributed by atoms with E-state index in [4.69, 9.17) is 11.6 Å². The molecule has 0 bridgehead atoms. The van der Waals surface area contributed by atoms with Gasteiger partial charge in [0.05, 0.1) is 5.02 Å². The van der Waals surface area contributed by atoms with Gasteiger partial charge in [-0.1, -0.05) is 11.6 Å². The summed E-state index contributed by atoms with van der Waals surface area (Å²) in [6, 6.07) is 14.1. The number of hydrogen-bond donors (Lipinski definition) is 3. The van der Waals surface area contributed by atoms with Gasteiger partial charge in [-0.05, 0) is 36.4 Å². The zero-order valence-corrected chi connectivity index (χ0v) is 15.0. The van der Waals surface area contributed by atoms with E-state index in [9.17, 15) is 14.0 Å². The Hall–Kier alpha value is -3.63. The summed E-state index contributed by atoms with van der Waals surface area (Å²) in [6.07, 6.45) is 1.79. The van der Waals surface area contributed by atoms with E-state index < -0.39 is 11.6 Å². The van der Waals surface area contributed by atoms with Crippen LogP contribution in [-0.2, 0) is 0 Å². The number of nitriles is 1. The van der Waals surface area contributed by atoms with E-state index in [1.165, 1.54) is 12.1 Å². The molecule has 2 heterocycles. The normalized spacial score (nSPS) is 10.6. The summed E-state index contributed by atoms with van der Waals surface area (Å²) >= 11 is 6.28. The first kappa shape index (κ1) is 17.8. The van der Waals surface area contributed by atoms with Crippen LogP contribution in [0.2, 0.25) is 5.02 Å². The van der Waals surface area contributed by atoms with Gasteiger partial charge in [-0.25, -0.2) is 13.8 Å². The largest absolute Gasteiger partial charge is 0.361 e. The molecule has 0 amide bonds. The fraction of sp³-hybridized carbons (Fsp3) is 0. The first-order valence-corrected chi connectivity index (χ1v) is 8.57. The van der Waals surface area contributed by atoms with Crippen LogP contribution in [0.1, 0.15) is 5.69 Å². The van der Waals surface area contributed by atoms with E-state index in [-0.39, 0.29) is 5.69 Å². The Morgan fingerprint density at radius 3 is 2.54 bits per heavy atom. The van der Waals surface area contributed by atoms with Crippen LogP contribution in [0.3, 0.4) is 0 Å². The molecule has 0 unspecified atom stereocenters. The highest BCUT2D eigenvalue weighted by Gasteiger charge is 2.08. The summed E-state index contributed by atoms with van der Waals surface area (Å²) in [6.45, 7) is 0. The van der Waals surface area contributed by atoms with Gasteiger partial charge in [0.2, 0.25) is 0 Å². The summed E-state index contributed by atoms with van der Waals surface area (Å²) < 4.78 is 26.5. The lowest BCUT2D eigenvalue weighted by molar-refractivity contribution is 0.509. The van der Waals surface area contributed by atoms with Crippen molar-refractivity contribution in [2.45, 2.75) is 0 Å². The van der Waals surface area contributed by atoms with Crippen molar-refractivity contribution < 1.29 is 8.78 Å².